The van der Waals surface area contributed by atoms with Crippen LogP contribution in [0.4, 0.5) is 5.13 Å². The minimum Gasteiger partial charge on any atom is -0.359 e. The first-order valence-corrected chi connectivity index (χ1v) is 8.60. The third-order valence-electron chi connectivity index (χ3n) is 3.58. The minimum absolute atomic E-state index is 0.608. The molecule has 0 saturated heterocycles. The molecule has 0 amide bonds. The monoisotopic (exact) mass is 278 g/mol. The van der Waals surface area contributed by atoms with Gasteiger partial charge in [0.2, 0.25) is 0 Å². The first-order chi connectivity index (χ1) is 8.85. The van der Waals surface area contributed by atoms with E-state index in [1.54, 1.807) is 11.3 Å². The van der Waals surface area contributed by atoms with Crippen LogP contribution in [-0.2, 0) is 0 Å². The molecule has 18 heavy (non-hydrogen) atoms. The molecule has 1 aromatic heterocycles. The molecule has 1 aromatic carbocycles. The van der Waals surface area contributed by atoms with Gasteiger partial charge < -0.3 is 5.32 Å². The Labute approximate surface area is 116 Å². The van der Waals surface area contributed by atoms with Crippen molar-refractivity contribution in [2.45, 2.75) is 37.0 Å². The fourth-order valence-corrected chi connectivity index (χ4v) is 4.37. The van der Waals surface area contributed by atoms with Crippen LogP contribution in [0.3, 0.4) is 0 Å². The first-order valence-electron chi connectivity index (χ1n) is 6.50. The van der Waals surface area contributed by atoms with Crippen molar-refractivity contribution < 1.29 is 0 Å². The number of aromatic nitrogens is 1. The van der Waals surface area contributed by atoms with Crippen LogP contribution in [-0.4, -0.2) is 22.5 Å². The smallest absolute Gasteiger partial charge is 0.184 e. The lowest BCUT2D eigenvalue weighted by atomic mass is 9.95. The van der Waals surface area contributed by atoms with Crippen molar-refractivity contribution in [1.82, 2.24) is 4.98 Å². The van der Waals surface area contributed by atoms with Gasteiger partial charge in [-0.1, -0.05) is 29.9 Å². The van der Waals surface area contributed by atoms with E-state index in [4.69, 9.17) is 0 Å². The van der Waals surface area contributed by atoms with Crippen LogP contribution in [0.1, 0.15) is 25.7 Å². The normalized spacial score (nSPS) is 24.3. The average Bonchev–Trinajstić information content (AvgIpc) is 2.81. The summed E-state index contributed by atoms with van der Waals surface area (Å²) < 4.78 is 1.28. The molecular weight excluding hydrogens is 260 g/mol. The third-order valence-corrected chi connectivity index (χ3v) is 5.64. The molecule has 1 heterocycles. The van der Waals surface area contributed by atoms with E-state index in [2.05, 4.69) is 40.8 Å². The van der Waals surface area contributed by atoms with E-state index in [-0.39, 0.29) is 0 Å². The van der Waals surface area contributed by atoms with Gasteiger partial charge in [-0.25, -0.2) is 4.98 Å². The fraction of sp³-hybridized carbons (Fsp3) is 0.500. The topological polar surface area (TPSA) is 24.9 Å². The zero-order chi connectivity index (χ0) is 12.4. The van der Waals surface area contributed by atoms with Crippen molar-refractivity contribution in [2.75, 3.05) is 11.6 Å². The molecule has 2 atom stereocenters. The number of fused-ring (bicyclic) bond motifs is 1. The van der Waals surface area contributed by atoms with Crippen molar-refractivity contribution in [2.24, 2.45) is 0 Å². The van der Waals surface area contributed by atoms with Crippen molar-refractivity contribution in [3.63, 3.8) is 0 Å². The molecule has 0 spiro atoms. The highest BCUT2D eigenvalue weighted by molar-refractivity contribution is 7.99. The maximum absolute atomic E-state index is 4.66. The van der Waals surface area contributed by atoms with Gasteiger partial charge in [0.05, 0.1) is 10.2 Å². The van der Waals surface area contributed by atoms with E-state index < -0.39 is 0 Å². The third kappa shape index (κ3) is 2.64. The van der Waals surface area contributed by atoms with Crippen LogP contribution in [0.25, 0.3) is 10.2 Å². The molecule has 3 rings (SSSR count). The molecule has 0 bridgehead atoms. The predicted molar refractivity (Wildman–Crippen MR) is 82.8 cm³/mol. The van der Waals surface area contributed by atoms with Crippen LogP contribution in [0, 0.1) is 0 Å². The van der Waals surface area contributed by atoms with Crippen LogP contribution >= 0.6 is 23.1 Å². The number of thiazole rings is 1. The van der Waals surface area contributed by atoms with E-state index in [0.29, 0.717) is 6.04 Å². The van der Waals surface area contributed by atoms with Gasteiger partial charge in [0.1, 0.15) is 0 Å². The Morgan fingerprint density at radius 3 is 3.06 bits per heavy atom. The summed E-state index contributed by atoms with van der Waals surface area (Å²) in [4.78, 5) is 4.66. The van der Waals surface area contributed by atoms with E-state index in [0.717, 1.165) is 15.9 Å². The van der Waals surface area contributed by atoms with E-state index in [1.807, 2.05) is 11.8 Å². The summed E-state index contributed by atoms with van der Waals surface area (Å²) >= 11 is 3.78. The minimum atomic E-state index is 0.608. The van der Waals surface area contributed by atoms with Gasteiger partial charge in [0.15, 0.2) is 5.13 Å². The largest absolute Gasteiger partial charge is 0.359 e. The second-order valence-electron chi connectivity index (χ2n) is 4.85. The highest BCUT2D eigenvalue weighted by Gasteiger charge is 2.21. The highest BCUT2D eigenvalue weighted by Crippen LogP contribution is 2.31. The number of anilines is 1. The number of benzene rings is 1. The standard InChI is InChI=1S/C14H18N2S2/c1-17-11-6-4-5-10(9-11)15-14-16-12-7-2-3-8-13(12)18-14/h2-3,7-8,10-11H,4-6,9H2,1H3,(H,15,16). The van der Waals surface area contributed by atoms with E-state index in [9.17, 15) is 0 Å². The Morgan fingerprint density at radius 2 is 2.22 bits per heavy atom. The summed E-state index contributed by atoms with van der Waals surface area (Å²) in [5, 5.41) is 5.54. The molecule has 2 aromatic rings. The predicted octanol–water partition coefficient (Wildman–Crippen LogP) is 4.38. The van der Waals surface area contributed by atoms with Gasteiger partial charge in [-0.05, 0) is 37.7 Å². The summed E-state index contributed by atoms with van der Waals surface area (Å²) in [7, 11) is 0. The Kier molecular flexibility index (Phi) is 3.75. The number of thioether (sulfide) groups is 1. The molecule has 0 aliphatic heterocycles. The molecule has 1 fully saturated rings. The Balaban J connectivity index is 1.71. The Morgan fingerprint density at radius 1 is 1.33 bits per heavy atom. The number of hydrogen-bond acceptors (Lipinski definition) is 4. The van der Waals surface area contributed by atoms with Crippen LogP contribution < -0.4 is 5.32 Å². The van der Waals surface area contributed by atoms with Crippen LogP contribution in [0.2, 0.25) is 0 Å². The van der Waals surface area contributed by atoms with Crippen molar-refractivity contribution in [1.29, 1.82) is 0 Å². The zero-order valence-corrected chi connectivity index (χ0v) is 12.2. The first kappa shape index (κ1) is 12.3. The lowest BCUT2D eigenvalue weighted by Gasteiger charge is -2.28. The van der Waals surface area contributed by atoms with Crippen LogP contribution in [0.5, 0.6) is 0 Å². The van der Waals surface area contributed by atoms with E-state index in [1.165, 1.54) is 30.4 Å². The molecule has 4 heteroatoms. The quantitative estimate of drug-likeness (QED) is 0.901. The maximum atomic E-state index is 4.66. The number of rotatable bonds is 3. The van der Waals surface area contributed by atoms with E-state index >= 15 is 0 Å². The number of para-hydroxylation sites is 1. The van der Waals surface area contributed by atoms with Crippen LogP contribution in [0.15, 0.2) is 24.3 Å². The maximum Gasteiger partial charge on any atom is 0.184 e. The van der Waals surface area contributed by atoms with Gasteiger partial charge in [-0.3, -0.25) is 0 Å². The Bertz CT molecular complexity index is 490. The number of nitrogens with one attached hydrogen (secondary N) is 1. The molecule has 1 aliphatic carbocycles. The summed E-state index contributed by atoms with van der Waals surface area (Å²) in [5.41, 5.74) is 1.11. The van der Waals surface area contributed by atoms with Crippen molar-refractivity contribution >= 4 is 38.4 Å². The second-order valence-corrected chi connectivity index (χ2v) is 7.02. The van der Waals surface area contributed by atoms with Gasteiger partial charge in [-0.2, -0.15) is 11.8 Å². The molecule has 2 nitrogen and oxygen atoms in total. The van der Waals surface area contributed by atoms with Gasteiger partial charge in [0, 0.05) is 11.3 Å². The highest BCUT2D eigenvalue weighted by atomic mass is 32.2. The number of hydrogen-bond donors (Lipinski definition) is 1. The lowest BCUT2D eigenvalue weighted by molar-refractivity contribution is 0.473. The zero-order valence-electron chi connectivity index (χ0n) is 10.6. The number of nitrogens with zero attached hydrogens (tertiary/aromatic N) is 1. The lowest BCUT2D eigenvalue weighted by Crippen LogP contribution is -2.28. The molecule has 1 saturated carbocycles. The molecule has 1 N–H and O–H groups in total. The summed E-state index contributed by atoms with van der Waals surface area (Å²) in [6, 6.07) is 8.97. The Hall–Kier alpha value is -0.740. The molecule has 0 radical (unpaired) electrons. The molecular formula is C14H18N2S2. The second kappa shape index (κ2) is 5.49. The summed E-state index contributed by atoms with van der Waals surface area (Å²) in [5.74, 6) is 0. The average molecular weight is 278 g/mol. The molecule has 2 unspecified atom stereocenters. The SMILES string of the molecule is CSC1CCCC(Nc2nc3ccccc3s2)C1. The fourth-order valence-electron chi connectivity index (χ4n) is 2.60. The molecule has 1 aliphatic rings. The summed E-state index contributed by atoms with van der Waals surface area (Å²) in [6.07, 6.45) is 7.50. The van der Waals surface area contributed by atoms with Gasteiger partial charge >= 0.3 is 0 Å². The van der Waals surface area contributed by atoms with Crippen molar-refractivity contribution in [3.05, 3.63) is 24.3 Å². The molecule has 96 valence electrons. The van der Waals surface area contributed by atoms with Crippen molar-refractivity contribution in [3.8, 4) is 0 Å². The van der Waals surface area contributed by atoms with Gasteiger partial charge in [0.25, 0.3) is 0 Å². The van der Waals surface area contributed by atoms with Gasteiger partial charge in [-0.15, -0.1) is 0 Å². The summed E-state index contributed by atoms with van der Waals surface area (Å²) in [6.45, 7) is 0.